The summed E-state index contributed by atoms with van der Waals surface area (Å²) in [6, 6.07) is 5.56. The molecule has 116 valence electrons. The van der Waals surface area contributed by atoms with Gasteiger partial charge < -0.3 is 10.9 Å². The fourth-order valence-corrected chi connectivity index (χ4v) is 2.94. The summed E-state index contributed by atoms with van der Waals surface area (Å²) in [5.74, 6) is 0.254. The van der Waals surface area contributed by atoms with Crippen LogP contribution < -0.4 is 5.73 Å². The Bertz CT molecular complexity index is 516. The summed E-state index contributed by atoms with van der Waals surface area (Å²) < 4.78 is 0. The Morgan fingerprint density at radius 3 is 2.57 bits per heavy atom. The number of hydrogen-bond donors (Lipinski definition) is 2. The van der Waals surface area contributed by atoms with Crippen LogP contribution in [0.4, 0.5) is 0 Å². The molecule has 0 radical (unpaired) electrons. The number of oxime groups is 1. The highest BCUT2D eigenvalue weighted by Crippen LogP contribution is 2.22. The number of halogens is 2. The molecule has 0 aliphatic carbocycles. The fraction of sp³-hybridized carbons (Fsp3) is 0.500. The van der Waals surface area contributed by atoms with E-state index in [-0.39, 0.29) is 11.9 Å². The molecule has 1 saturated heterocycles. The van der Waals surface area contributed by atoms with Crippen molar-refractivity contribution in [3.63, 3.8) is 0 Å². The van der Waals surface area contributed by atoms with E-state index in [4.69, 9.17) is 34.1 Å². The van der Waals surface area contributed by atoms with Crippen LogP contribution in [0.15, 0.2) is 23.4 Å². The molecule has 1 aromatic rings. The molecule has 0 aromatic heterocycles. The number of benzene rings is 1. The van der Waals surface area contributed by atoms with E-state index >= 15 is 0 Å². The maximum atomic E-state index is 8.74. The molecule has 0 spiro atoms. The van der Waals surface area contributed by atoms with Gasteiger partial charge in [0.2, 0.25) is 0 Å². The molecule has 0 bridgehead atoms. The predicted octanol–water partition coefficient (Wildman–Crippen LogP) is 2.25. The van der Waals surface area contributed by atoms with Gasteiger partial charge >= 0.3 is 0 Å². The SMILES string of the molecule is CC(C(N)=NO)N1CCN(Cc2ccc(Cl)cc2Cl)CC1. The average molecular weight is 331 g/mol. The van der Waals surface area contributed by atoms with E-state index in [1.54, 1.807) is 6.07 Å². The van der Waals surface area contributed by atoms with Crippen molar-refractivity contribution in [2.24, 2.45) is 10.9 Å². The number of piperazine rings is 1. The lowest BCUT2D eigenvalue weighted by molar-refractivity contribution is 0.116. The van der Waals surface area contributed by atoms with Crippen molar-refractivity contribution < 1.29 is 5.21 Å². The molecule has 2 rings (SSSR count). The molecule has 1 atom stereocenters. The van der Waals surface area contributed by atoms with Gasteiger partial charge in [-0.05, 0) is 24.6 Å². The molecule has 1 aliphatic heterocycles. The van der Waals surface area contributed by atoms with Gasteiger partial charge in [-0.15, -0.1) is 0 Å². The molecule has 5 nitrogen and oxygen atoms in total. The average Bonchev–Trinajstić information content (AvgIpc) is 2.49. The van der Waals surface area contributed by atoms with E-state index in [9.17, 15) is 0 Å². The Hall–Kier alpha value is -1.01. The fourth-order valence-electron chi connectivity index (χ4n) is 2.47. The zero-order chi connectivity index (χ0) is 15.4. The third-order valence-corrected chi connectivity index (χ3v) is 4.49. The van der Waals surface area contributed by atoms with Gasteiger partial charge in [0, 0.05) is 42.8 Å². The highest BCUT2D eigenvalue weighted by molar-refractivity contribution is 6.35. The third-order valence-electron chi connectivity index (χ3n) is 3.91. The molecule has 1 fully saturated rings. The molecule has 0 amide bonds. The normalized spacial score (nSPS) is 19.7. The van der Waals surface area contributed by atoms with Gasteiger partial charge in [-0.1, -0.05) is 34.4 Å². The summed E-state index contributed by atoms with van der Waals surface area (Å²) in [7, 11) is 0. The minimum atomic E-state index is -0.0451. The van der Waals surface area contributed by atoms with Crippen molar-refractivity contribution in [1.29, 1.82) is 0 Å². The van der Waals surface area contributed by atoms with E-state index in [1.807, 2.05) is 19.1 Å². The first kappa shape index (κ1) is 16.4. The van der Waals surface area contributed by atoms with Crippen molar-refractivity contribution in [2.75, 3.05) is 26.2 Å². The highest BCUT2D eigenvalue weighted by atomic mass is 35.5. The Kier molecular flexibility index (Phi) is 5.70. The van der Waals surface area contributed by atoms with E-state index in [1.165, 1.54) is 0 Å². The highest BCUT2D eigenvalue weighted by Gasteiger charge is 2.23. The maximum absolute atomic E-state index is 8.74. The van der Waals surface area contributed by atoms with Crippen molar-refractivity contribution in [1.82, 2.24) is 9.80 Å². The van der Waals surface area contributed by atoms with Gasteiger partial charge in [0.05, 0.1) is 6.04 Å². The van der Waals surface area contributed by atoms with Crippen LogP contribution in [-0.2, 0) is 6.54 Å². The summed E-state index contributed by atoms with van der Waals surface area (Å²) in [5.41, 5.74) is 6.74. The smallest absolute Gasteiger partial charge is 0.156 e. The van der Waals surface area contributed by atoms with Gasteiger partial charge in [0.15, 0.2) is 5.84 Å². The van der Waals surface area contributed by atoms with Crippen molar-refractivity contribution >= 4 is 29.0 Å². The molecule has 1 unspecified atom stereocenters. The number of hydrogen-bond acceptors (Lipinski definition) is 4. The quantitative estimate of drug-likeness (QED) is 0.384. The lowest BCUT2D eigenvalue weighted by atomic mass is 10.1. The molecular weight excluding hydrogens is 311 g/mol. The van der Waals surface area contributed by atoms with Crippen LogP contribution in [0, 0.1) is 0 Å². The minimum absolute atomic E-state index is 0.0451. The zero-order valence-corrected chi connectivity index (χ0v) is 13.5. The second-order valence-electron chi connectivity index (χ2n) is 5.25. The van der Waals surface area contributed by atoms with Crippen LogP contribution in [0.2, 0.25) is 10.0 Å². The van der Waals surface area contributed by atoms with Gasteiger partial charge in [-0.2, -0.15) is 0 Å². The maximum Gasteiger partial charge on any atom is 0.156 e. The predicted molar refractivity (Wildman–Crippen MR) is 86.2 cm³/mol. The largest absolute Gasteiger partial charge is 0.409 e. The molecule has 3 N–H and O–H groups in total. The lowest BCUT2D eigenvalue weighted by Gasteiger charge is -2.37. The van der Waals surface area contributed by atoms with Crippen molar-refractivity contribution in [3.8, 4) is 0 Å². The first-order valence-corrected chi connectivity index (χ1v) is 7.64. The van der Waals surface area contributed by atoms with Crippen LogP contribution >= 0.6 is 23.2 Å². The summed E-state index contributed by atoms with van der Waals surface area (Å²) >= 11 is 12.1. The number of amidine groups is 1. The monoisotopic (exact) mass is 330 g/mol. The van der Waals surface area contributed by atoms with Gasteiger partial charge in [0.1, 0.15) is 0 Å². The summed E-state index contributed by atoms with van der Waals surface area (Å²) in [4.78, 5) is 4.54. The second-order valence-corrected chi connectivity index (χ2v) is 6.09. The molecule has 21 heavy (non-hydrogen) atoms. The van der Waals surface area contributed by atoms with E-state index in [0.29, 0.717) is 10.0 Å². The lowest BCUT2D eigenvalue weighted by Crippen LogP contribution is -2.52. The van der Waals surface area contributed by atoms with Crippen LogP contribution in [0.5, 0.6) is 0 Å². The minimum Gasteiger partial charge on any atom is -0.409 e. The van der Waals surface area contributed by atoms with Gasteiger partial charge in [-0.25, -0.2) is 0 Å². The number of nitrogens with zero attached hydrogens (tertiary/aromatic N) is 3. The van der Waals surface area contributed by atoms with E-state index in [0.717, 1.165) is 38.3 Å². The summed E-state index contributed by atoms with van der Waals surface area (Å²) in [5, 5.41) is 13.2. The summed E-state index contributed by atoms with van der Waals surface area (Å²) in [6.07, 6.45) is 0. The van der Waals surface area contributed by atoms with Crippen LogP contribution in [0.25, 0.3) is 0 Å². The number of rotatable bonds is 4. The Morgan fingerprint density at radius 2 is 2.00 bits per heavy atom. The van der Waals surface area contributed by atoms with E-state index < -0.39 is 0 Å². The first-order valence-electron chi connectivity index (χ1n) is 6.89. The van der Waals surface area contributed by atoms with Crippen LogP contribution in [0.3, 0.4) is 0 Å². The molecule has 1 aromatic carbocycles. The van der Waals surface area contributed by atoms with Gasteiger partial charge in [0.25, 0.3) is 0 Å². The Morgan fingerprint density at radius 1 is 1.33 bits per heavy atom. The van der Waals surface area contributed by atoms with E-state index in [2.05, 4.69) is 15.0 Å². The molecule has 7 heteroatoms. The Balaban J connectivity index is 1.89. The molecule has 1 aliphatic rings. The topological polar surface area (TPSA) is 65.1 Å². The zero-order valence-electron chi connectivity index (χ0n) is 12.0. The van der Waals surface area contributed by atoms with Crippen molar-refractivity contribution in [3.05, 3.63) is 33.8 Å². The molecule has 0 saturated carbocycles. The standard InChI is InChI=1S/C14H20Cl2N4O/c1-10(14(17)18-21)20-6-4-19(5-7-20)9-11-2-3-12(15)8-13(11)16/h2-3,8,10,21H,4-7,9H2,1H3,(H2,17,18). The third kappa shape index (κ3) is 4.23. The molecule has 1 heterocycles. The number of nitrogens with two attached hydrogens (primary N) is 1. The summed E-state index contributed by atoms with van der Waals surface area (Å²) in [6.45, 7) is 6.35. The molecular formula is C14H20Cl2N4O. The van der Waals surface area contributed by atoms with Crippen LogP contribution in [0.1, 0.15) is 12.5 Å². The van der Waals surface area contributed by atoms with Gasteiger partial charge in [-0.3, -0.25) is 9.80 Å². The Labute approximate surface area is 134 Å². The van der Waals surface area contributed by atoms with Crippen molar-refractivity contribution in [2.45, 2.75) is 19.5 Å². The first-order chi connectivity index (χ1) is 10.0. The second kappa shape index (κ2) is 7.31. The van der Waals surface area contributed by atoms with Crippen LogP contribution in [-0.4, -0.2) is 53.1 Å².